The lowest BCUT2D eigenvalue weighted by atomic mass is 10.2. The first-order valence-corrected chi connectivity index (χ1v) is 10.2. The topological polar surface area (TPSA) is 115 Å². The monoisotopic (exact) mass is 445 g/mol. The maximum Gasteiger partial charge on any atom is 0.274 e. The number of benzene rings is 2. The molecule has 0 aliphatic heterocycles. The summed E-state index contributed by atoms with van der Waals surface area (Å²) >= 11 is 0. The van der Waals surface area contributed by atoms with Crippen molar-refractivity contribution in [3.05, 3.63) is 84.4 Å². The van der Waals surface area contributed by atoms with E-state index in [0.717, 1.165) is 11.6 Å². The predicted octanol–water partition coefficient (Wildman–Crippen LogP) is 3.55. The highest BCUT2D eigenvalue weighted by atomic mass is 19.1. The second kappa shape index (κ2) is 10.2. The Hall–Kier alpha value is -4.47. The lowest BCUT2D eigenvalue weighted by Crippen LogP contribution is -2.18. The van der Waals surface area contributed by atoms with E-state index in [9.17, 15) is 14.0 Å². The van der Waals surface area contributed by atoms with E-state index in [-0.39, 0.29) is 29.4 Å². The van der Waals surface area contributed by atoms with Crippen molar-refractivity contribution in [1.29, 1.82) is 0 Å². The first-order chi connectivity index (χ1) is 16.1. The summed E-state index contributed by atoms with van der Waals surface area (Å²) in [6.07, 6.45) is 2.09. The molecule has 0 radical (unpaired) electrons. The Morgan fingerprint density at radius 2 is 1.76 bits per heavy atom. The summed E-state index contributed by atoms with van der Waals surface area (Å²) in [6.45, 7) is 0.389. The van der Waals surface area contributed by atoms with Crippen LogP contribution in [0, 0.1) is 5.82 Å². The maximum atomic E-state index is 13.8. The van der Waals surface area contributed by atoms with E-state index < -0.39 is 11.7 Å². The minimum Gasteiger partial charge on any atom is -0.324 e. The molecule has 2 amide bonds. The number of nitrogens with zero attached hydrogens (tertiary/aromatic N) is 5. The molecule has 0 aliphatic carbocycles. The fourth-order valence-electron chi connectivity index (χ4n) is 3.05. The maximum absolute atomic E-state index is 13.8. The van der Waals surface area contributed by atoms with Gasteiger partial charge in [-0.1, -0.05) is 36.4 Å². The molecule has 166 valence electrons. The number of halogens is 1. The largest absolute Gasteiger partial charge is 0.324 e. The Morgan fingerprint density at radius 3 is 2.55 bits per heavy atom. The molecule has 2 aromatic carbocycles. The Balaban J connectivity index is 1.33. The van der Waals surface area contributed by atoms with Crippen LogP contribution in [0.2, 0.25) is 0 Å². The molecule has 0 spiro atoms. The van der Waals surface area contributed by atoms with E-state index in [0.29, 0.717) is 18.8 Å². The van der Waals surface area contributed by atoms with E-state index in [2.05, 4.69) is 31.0 Å². The first-order valence-electron chi connectivity index (χ1n) is 10.2. The summed E-state index contributed by atoms with van der Waals surface area (Å²) in [4.78, 5) is 30.2. The highest BCUT2D eigenvalue weighted by Gasteiger charge is 2.13. The summed E-state index contributed by atoms with van der Waals surface area (Å²) in [5.41, 5.74) is 1.49. The fraction of sp³-hybridized carbons (Fsp3) is 0.130. The van der Waals surface area contributed by atoms with Gasteiger partial charge in [-0.15, -0.1) is 10.2 Å². The second-order valence-electron chi connectivity index (χ2n) is 7.09. The molecule has 0 atom stereocenters. The average molecular weight is 445 g/mol. The number of nitrogens with one attached hydrogen (secondary N) is 2. The van der Waals surface area contributed by atoms with Crippen LogP contribution < -0.4 is 10.6 Å². The third-order valence-corrected chi connectivity index (χ3v) is 4.65. The van der Waals surface area contributed by atoms with Crippen LogP contribution in [0.4, 0.5) is 15.8 Å². The van der Waals surface area contributed by atoms with Crippen LogP contribution in [0.15, 0.2) is 72.9 Å². The van der Waals surface area contributed by atoms with E-state index in [4.69, 9.17) is 0 Å². The number of aromatic nitrogens is 5. The zero-order valence-electron chi connectivity index (χ0n) is 17.5. The van der Waals surface area contributed by atoms with Gasteiger partial charge in [0.1, 0.15) is 11.5 Å². The van der Waals surface area contributed by atoms with Gasteiger partial charge in [0, 0.05) is 18.2 Å². The van der Waals surface area contributed by atoms with Crippen LogP contribution in [0.3, 0.4) is 0 Å². The molecule has 0 aliphatic rings. The van der Waals surface area contributed by atoms with Gasteiger partial charge in [0.25, 0.3) is 5.91 Å². The van der Waals surface area contributed by atoms with Gasteiger partial charge in [0.15, 0.2) is 0 Å². The van der Waals surface area contributed by atoms with Crippen LogP contribution >= 0.6 is 0 Å². The Bertz CT molecular complexity index is 1250. The molecule has 0 bridgehead atoms. The molecule has 0 unspecified atom stereocenters. The number of tetrazole rings is 1. The van der Waals surface area contributed by atoms with E-state index in [1.54, 1.807) is 18.2 Å². The number of anilines is 2. The molecule has 33 heavy (non-hydrogen) atoms. The number of rotatable bonds is 8. The van der Waals surface area contributed by atoms with Gasteiger partial charge in [-0.05, 0) is 42.0 Å². The molecule has 0 saturated heterocycles. The Kier molecular flexibility index (Phi) is 6.74. The molecule has 10 heteroatoms. The van der Waals surface area contributed by atoms with Gasteiger partial charge >= 0.3 is 0 Å². The average Bonchev–Trinajstić information content (AvgIpc) is 3.31. The van der Waals surface area contributed by atoms with Crippen LogP contribution in [-0.4, -0.2) is 37.0 Å². The van der Waals surface area contributed by atoms with Crippen molar-refractivity contribution in [1.82, 2.24) is 25.2 Å². The summed E-state index contributed by atoms with van der Waals surface area (Å²) in [7, 11) is 0. The van der Waals surface area contributed by atoms with Crippen LogP contribution in [-0.2, 0) is 11.3 Å². The number of carbonyl (C=O) groups is 2. The molecule has 0 fully saturated rings. The quantitative estimate of drug-likeness (QED) is 0.429. The lowest BCUT2D eigenvalue weighted by molar-refractivity contribution is -0.116. The first kappa shape index (κ1) is 21.8. The van der Waals surface area contributed by atoms with Gasteiger partial charge < -0.3 is 10.6 Å². The summed E-state index contributed by atoms with van der Waals surface area (Å²) in [6, 6.07) is 18.1. The van der Waals surface area contributed by atoms with Gasteiger partial charge in [-0.3, -0.25) is 14.6 Å². The van der Waals surface area contributed by atoms with Gasteiger partial charge in [-0.25, -0.2) is 4.39 Å². The van der Waals surface area contributed by atoms with Gasteiger partial charge in [0.05, 0.1) is 17.9 Å². The van der Waals surface area contributed by atoms with Crippen molar-refractivity contribution < 1.29 is 14.0 Å². The molecular weight excluding hydrogens is 425 g/mol. The molecule has 2 aromatic heterocycles. The smallest absolute Gasteiger partial charge is 0.274 e. The molecular formula is C23H20FN7O2. The van der Waals surface area contributed by atoms with E-state index in [1.165, 1.54) is 23.1 Å². The zero-order chi connectivity index (χ0) is 23.0. The summed E-state index contributed by atoms with van der Waals surface area (Å²) < 4.78 is 13.8. The van der Waals surface area contributed by atoms with Crippen molar-refractivity contribution in [2.45, 2.75) is 19.4 Å². The van der Waals surface area contributed by atoms with Crippen LogP contribution in [0.25, 0.3) is 11.4 Å². The standard InChI is InChI=1S/C23H20FN7O2/c24-17-11-12-18(27-23(33)19-9-4-5-13-25-19)20(15-17)26-21(32)10-6-14-31-29-22(28-30-31)16-7-2-1-3-8-16/h1-5,7-9,11-13,15H,6,10,14H2,(H,26,32)(H,27,33). The lowest BCUT2D eigenvalue weighted by Gasteiger charge is -2.12. The van der Waals surface area contributed by atoms with Crippen LogP contribution in [0.1, 0.15) is 23.3 Å². The molecule has 9 nitrogen and oxygen atoms in total. The molecule has 0 saturated carbocycles. The Labute approximate surface area is 188 Å². The van der Waals surface area contributed by atoms with Gasteiger partial charge in [0.2, 0.25) is 11.7 Å². The van der Waals surface area contributed by atoms with Crippen molar-refractivity contribution in [2.24, 2.45) is 0 Å². The Morgan fingerprint density at radius 1 is 0.939 bits per heavy atom. The van der Waals surface area contributed by atoms with Crippen molar-refractivity contribution in [2.75, 3.05) is 10.6 Å². The van der Waals surface area contributed by atoms with Gasteiger partial charge in [-0.2, -0.15) is 4.80 Å². The minimum absolute atomic E-state index is 0.145. The minimum atomic E-state index is -0.540. The molecule has 4 aromatic rings. The molecule has 4 rings (SSSR count). The summed E-state index contributed by atoms with van der Waals surface area (Å²) in [5, 5.41) is 17.6. The van der Waals surface area contributed by atoms with Crippen molar-refractivity contribution >= 4 is 23.2 Å². The zero-order valence-corrected chi connectivity index (χ0v) is 17.5. The summed E-state index contributed by atoms with van der Waals surface area (Å²) in [5.74, 6) is -0.837. The van der Waals surface area contributed by atoms with Crippen molar-refractivity contribution in [3.63, 3.8) is 0 Å². The third kappa shape index (κ3) is 5.82. The number of pyridine rings is 1. The number of hydrogen-bond acceptors (Lipinski definition) is 6. The van der Waals surface area contributed by atoms with E-state index in [1.807, 2.05) is 30.3 Å². The third-order valence-electron chi connectivity index (χ3n) is 4.65. The second-order valence-corrected chi connectivity index (χ2v) is 7.09. The number of hydrogen-bond donors (Lipinski definition) is 2. The van der Waals surface area contributed by atoms with Crippen molar-refractivity contribution in [3.8, 4) is 11.4 Å². The molecule has 2 heterocycles. The highest BCUT2D eigenvalue weighted by molar-refractivity contribution is 6.06. The highest BCUT2D eigenvalue weighted by Crippen LogP contribution is 2.24. The normalized spacial score (nSPS) is 10.6. The van der Waals surface area contributed by atoms with Crippen LogP contribution in [0.5, 0.6) is 0 Å². The number of amides is 2. The fourth-order valence-corrected chi connectivity index (χ4v) is 3.05. The predicted molar refractivity (Wildman–Crippen MR) is 120 cm³/mol. The van der Waals surface area contributed by atoms with E-state index >= 15 is 0 Å². The number of carbonyl (C=O) groups excluding carboxylic acids is 2. The number of aryl methyl sites for hydroxylation is 1. The molecule has 2 N–H and O–H groups in total. The SMILES string of the molecule is O=C(CCCn1nnc(-c2ccccc2)n1)Nc1cc(F)ccc1NC(=O)c1ccccn1.